The van der Waals surface area contributed by atoms with Crippen LogP contribution in [0.1, 0.15) is 24.2 Å². The van der Waals surface area contributed by atoms with Gasteiger partial charge < -0.3 is 16.0 Å². The van der Waals surface area contributed by atoms with Crippen molar-refractivity contribution in [1.29, 1.82) is 0 Å². The van der Waals surface area contributed by atoms with E-state index in [0.29, 0.717) is 17.8 Å². The van der Waals surface area contributed by atoms with Gasteiger partial charge in [0.05, 0.1) is 17.4 Å². The number of hydrogen-bond acceptors (Lipinski definition) is 4. The van der Waals surface area contributed by atoms with Gasteiger partial charge in [-0.1, -0.05) is 25.4 Å². The van der Waals surface area contributed by atoms with Crippen molar-refractivity contribution in [3.63, 3.8) is 0 Å². The fourth-order valence-electron chi connectivity index (χ4n) is 1.60. The largest absolute Gasteiger partial charge is 0.397 e. The second-order valence-electron chi connectivity index (χ2n) is 3.88. The van der Waals surface area contributed by atoms with Gasteiger partial charge in [0.2, 0.25) is 0 Å². The molecule has 0 radical (unpaired) electrons. The molecule has 0 aromatic carbocycles. The van der Waals surface area contributed by atoms with E-state index in [1.807, 2.05) is 0 Å². The second kappa shape index (κ2) is 7.18. The SMILES string of the molecule is CCN(CC)CCNC(=O)c1cc(Cl)ncc1N. The topological polar surface area (TPSA) is 71.2 Å². The Balaban J connectivity index is 2.53. The van der Waals surface area contributed by atoms with Crippen LogP contribution in [-0.4, -0.2) is 42.0 Å². The number of nitrogens with two attached hydrogens (primary N) is 1. The number of hydrogen-bond donors (Lipinski definition) is 2. The van der Waals surface area contributed by atoms with Gasteiger partial charge in [0.1, 0.15) is 5.15 Å². The van der Waals surface area contributed by atoms with Crippen LogP contribution in [0.15, 0.2) is 12.3 Å². The van der Waals surface area contributed by atoms with E-state index in [1.54, 1.807) is 0 Å². The van der Waals surface area contributed by atoms with Gasteiger partial charge >= 0.3 is 0 Å². The number of aromatic nitrogens is 1. The summed E-state index contributed by atoms with van der Waals surface area (Å²) in [5, 5.41) is 3.08. The van der Waals surface area contributed by atoms with E-state index in [9.17, 15) is 4.79 Å². The zero-order valence-corrected chi connectivity index (χ0v) is 11.5. The number of carbonyl (C=O) groups excluding carboxylic acids is 1. The number of pyridine rings is 1. The van der Waals surface area contributed by atoms with Crippen LogP contribution in [0.4, 0.5) is 5.69 Å². The summed E-state index contributed by atoms with van der Waals surface area (Å²) in [4.78, 5) is 17.9. The van der Waals surface area contributed by atoms with E-state index in [4.69, 9.17) is 17.3 Å². The van der Waals surface area contributed by atoms with Gasteiger partial charge in [0.25, 0.3) is 5.91 Å². The first-order chi connectivity index (χ1) is 8.58. The Bertz CT molecular complexity index is 407. The number of nitrogens with zero attached hydrogens (tertiary/aromatic N) is 2. The van der Waals surface area contributed by atoms with Gasteiger partial charge in [0.15, 0.2) is 0 Å². The number of carbonyl (C=O) groups is 1. The molecule has 5 nitrogen and oxygen atoms in total. The number of nitrogens with one attached hydrogen (secondary N) is 1. The summed E-state index contributed by atoms with van der Waals surface area (Å²) in [6.07, 6.45) is 1.39. The molecule has 0 atom stereocenters. The molecule has 1 aromatic rings. The fraction of sp³-hybridized carbons (Fsp3) is 0.500. The van der Waals surface area contributed by atoms with E-state index < -0.39 is 0 Å². The van der Waals surface area contributed by atoms with Crippen LogP contribution in [0.5, 0.6) is 0 Å². The molecule has 0 fully saturated rings. The standard InChI is InChI=1S/C12H19ClN4O/c1-3-17(4-2)6-5-15-12(18)9-7-11(13)16-8-10(9)14/h7-8H,3-6,14H2,1-2H3,(H,15,18). The quantitative estimate of drug-likeness (QED) is 0.767. The molecule has 6 heteroatoms. The number of nitrogen functional groups attached to an aromatic ring is 1. The van der Waals surface area contributed by atoms with E-state index in [1.165, 1.54) is 12.3 Å². The Morgan fingerprint density at radius 1 is 1.50 bits per heavy atom. The Morgan fingerprint density at radius 3 is 2.78 bits per heavy atom. The maximum absolute atomic E-state index is 11.9. The van der Waals surface area contributed by atoms with E-state index in [-0.39, 0.29) is 11.1 Å². The molecule has 0 spiro atoms. The summed E-state index contributed by atoms with van der Waals surface area (Å²) in [7, 11) is 0. The van der Waals surface area contributed by atoms with Crippen molar-refractivity contribution in [3.05, 3.63) is 23.0 Å². The molecule has 0 aliphatic heterocycles. The van der Waals surface area contributed by atoms with Gasteiger partial charge in [-0.2, -0.15) is 0 Å². The van der Waals surface area contributed by atoms with Crippen molar-refractivity contribution >= 4 is 23.2 Å². The summed E-state index contributed by atoms with van der Waals surface area (Å²) in [5.74, 6) is -0.219. The zero-order chi connectivity index (χ0) is 13.5. The van der Waals surface area contributed by atoms with Gasteiger partial charge in [0, 0.05) is 13.1 Å². The molecule has 0 saturated carbocycles. The lowest BCUT2D eigenvalue weighted by molar-refractivity contribution is 0.0949. The molecule has 0 aliphatic rings. The number of rotatable bonds is 6. The number of halogens is 1. The lowest BCUT2D eigenvalue weighted by Crippen LogP contribution is -2.35. The van der Waals surface area contributed by atoms with Crippen LogP contribution < -0.4 is 11.1 Å². The summed E-state index contributed by atoms with van der Waals surface area (Å²) in [5.41, 5.74) is 6.38. The molecule has 3 N–H and O–H groups in total. The molecular formula is C12H19ClN4O. The van der Waals surface area contributed by atoms with Crippen molar-refractivity contribution in [2.45, 2.75) is 13.8 Å². The van der Waals surface area contributed by atoms with Crippen LogP contribution in [0.2, 0.25) is 5.15 Å². The monoisotopic (exact) mass is 270 g/mol. The third-order valence-electron chi connectivity index (χ3n) is 2.75. The molecule has 18 heavy (non-hydrogen) atoms. The van der Waals surface area contributed by atoms with Crippen molar-refractivity contribution in [3.8, 4) is 0 Å². The Morgan fingerprint density at radius 2 is 2.17 bits per heavy atom. The van der Waals surface area contributed by atoms with Gasteiger partial charge in [-0.25, -0.2) is 4.98 Å². The Kier molecular flexibility index (Phi) is 5.88. The average Bonchev–Trinajstić information content (AvgIpc) is 2.37. The summed E-state index contributed by atoms with van der Waals surface area (Å²) < 4.78 is 0. The predicted octanol–water partition coefficient (Wildman–Crippen LogP) is 1.39. The summed E-state index contributed by atoms with van der Waals surface area (Å²) >= 11 is 5.74. The Hall–Kier alpha value is -1.33. The smallest absolute Gasteiger partial charge is 0.253 e. The molecular weight excluding hydrogens is 252 g/mol. The zero-order valence-electron chi connectivity index (χ0n) is 10.7. The lowest BCUT2D eigenvalue weighted by Gasteiger charge is -2.18. The van der Waals surface area contributed by atoms with Crippen LogP contribution in [0.25, 0.3) is 0 Å². The highest BCUT2D eigenvalue weighted by molar-refractivity contribution is 6.29. The predicted molar refractivity (Wildman–Crippen MR) is 73.8 cm³/mol. The normalized spacial score (nSPS) is 10.7. The number of anilines is 1. The van der Waals surface area contributed by atoms with Crippen LogP contribution in [0.3, 0.4) is 0 Å². The molecule has 0 saturated heterocycles. The van der Waals surface area contributed by atoms with Crippen molar-refractivity contribution in [2.24, 2.45) is 0 Å². The second-order valence-corrected chi connectivity index (χ2v) is 4.26. The minimum absolute atomic E-state index is 0.219. The third kappa shape index (κ3) is 4.16. The fourth-order valence-corrected chi connectivity index (χ4v) is 1.76. The van der Waals surface area contributed by atoms with Gasteiger partial charge in [-0.3, -0.25) is 4.79 Å². The van der Waals surface area contributed by atoms with Crippen molar-refractivity contribution in [2.75, 3.05) is 31.9 Å². The maximum Gasteiger partial charge on any atom is 0.253 e. The highest BCUT2D eigenvalue weighted by Gasteiger charge is 2.10. The van der Waals surface area contributed by atoms with Crippen molar-refractivity contribution < 1.29 is 4.79 Å². The third-order valence-corrected chi connectivity index (χ3v) is 2.96. The minimum atomic E-state index is -0.219. The molecule has 0 aliphatic carbocycles. The minimum Gasteiger partial charge on any atom is -0.397 e. The van der Waals surface area contributed by atoms with Crippen LogP contribution in [-0.2, 0) is 0 Å². The molecule has 0 bridgehead atoms. The molecule has 0 unspecified atom stereocenters. The first-order valence-corrected chi connectivity index (χ1v) is 6.37. The van der Waals surface area contributed by atoms with Crippen LogP contribution >= 0.6 is 11.6 Å². The first-order valence-electron chi connectivity index (χ1n) is 6.00. The van der Waals surface area contributed by atoms with E-state index in [0.717, 1.165) is 19.6 Å². The highest BCUT2D eigenvalue weighted by Crippen LogP contribution is 2.14. The molecule has 1 aromatic heterocycles. The molecule has 1 amide bonds. The Labute approximate surface area is 112 Å². The highest BCUT2D eigenvalue weighted by atomic mass is 35.5. The summed E-state index contributed by atoms with van der Waals surface area (Å²) in [6, 6.07) is 1.48. The number of likely N-dealkylation sites (N-methyl/N-ethyl adjacent to an activating group) is 1. The first kappa shape index (κ1) is 14.7. The maximum atomic E-state index is 11.9. The van der Waals surface area contributed by atoms with E-state index >= 15 is 0 Å². The van der Waals surface area contributed by atoms with Gasteiger partial charge in [-0.05, 0) is 19.2 Å². The molecule has 100 valence electrons. The average molecular weight is 271 g/mol. The lowest BCUT2D eigenvalue weighted by atomic mass is 10.2. The molecule has 1 rings (SSSR count). The van der Waals surface area contributed by atoms with Crippen molar-refractivity contribution in [1.82, 2.24) is 15.2 Å². The van der Waals surface area contributed by atoms with E-state index in [2.05, 4.69) is 29.0 Å². The van der Waals surface area contributed by atoms with Crippen LogP contribution in [0, 0.1) is 0 Å². The molecule has 1 heterocycles. The summed E-state index contributed by atoms with van der Waals surface area (Å²) in [6.45, 7) is 7.51. The van der Waals surface area contributed by atoms with Gasteiger partial charge in [-0.15, -0.1) is 0 Å². The number of amides is 1.